The maximum Gasteiger partial charge on any atom is 0.164 e. The molecule has 0 aliphatic heterocycles. The summed E-state index contributed by atoms with van der Waals surface area (Å²) < 4.78 is 0. The number of hydrogen-bond acceptors (Lipinski definition) is 3. The molecule has 3 nitrogen and oxygen atoms in total. The quantitative estimate of drug-likeness (QED) is 0.108. The first-order valence-electron chi connectivity index (χ1n) is 25.8. The average Bonchev–Trinajstić information content (AvgIpc) is 3.52. The van der Waals surface area contributed by atoms with Crippen LogP contribution in [0.4, 0.5) is 0 Å². The van der Waals surface area contributed by atoms with Crippen LogP contribution in [-0.4, -0.2) is 15.0 Å². The van der Waals surface area contributed by atoms with Crippen molar-refractivity contribution in [1.29, 1.82) is 0 Å². The summed E-state index contributed by atoms with van der Waals surface area (Å²) in [5.41, 5.74) is 20.8. The Morgan fingerprint density at radius 3 is 0.816 bits per heavy atom. The van der Waals surface area contributed by atoms with Gasteiger partial charge in [-0.05, 0) is 101 Å². The van der Waals surface area contributed by atoms with Crippen molar-refractivity contribution in [2.24, 2.45) is 0 Å². The minimum Gasteiger partial charge on any atom is -0.208 e. The molecule has 0 saturated carbocycles. The molecule has 0 fully saturated rings. The lowest BCUT2D eigenvalue weighted by Crippen LogP contribution is -2.00. The summed E-state index contributed by atoms with van der Waals surface area (Å²) in [7, 11) is 0. The van der Waals surface area contributed by atoms with Crippen molar-refractivity contribution in [1.82, 2.24) is 15.0 Å². The molecular formula is C73H51N3. The lowest BCUT2D eigenvalue weighted by Gasteiger charge is -2.21. The van der Waals surface area contributed by atoms with Crippen LogP contribution in [0.3, 0.4) is 0 Å². The van der Waals surface area contributed by atoms with Crippen molar-refractivity contribution in [3.63, 3.8) is 0 Å². The van der Waals surface area contributed by atoms with Crippen molar-refractivity contribution < 1.29 is 0 Å². The first-order chi connectivity index (χ1) is 37.7. The van der Waals surface area contributed by atoms with Gasteiger partial charge in [0, 0.05) is 16.7 Å². The van der Waals surface area contributed by atoms with Crippen molar-refractivity contribution >= 4 is 22.3 Å². The maximum atomic E-state index is 5.17. The van der Waals surface area contributed by atoms with E-state index >= 15 is 0 Å². The summed E-state index contributed by atoms with van der Waals surface area (Å²) >= 11 is 0. The van der Waals surface area contributed by atoms with Gasteiger partial charge in [-0.3, -0.25) is 0 Å². The maximum absolute atomic E-state index is 5.17. The Bertz CT molecular complexity index is 3810. The molecule has 0 amide bonds. The van der Waals surface area contributed by atoms with E-state index in [1.165, 1.54) is 11.1 Å². The van der Waals surface area contributed by atoms with Gasteiger partial charge in [0.1, 0.15) is 0 Å². The predicted molar refractivity (Wildman–Crippen MR) is 316 cm³/mol. The van der Waals surface area contributed by atoms with E-state index in [1.807, 2.05) is 60.7 Å². The van der Waals surface area contributed by atoms with E-state index < -0.39 is 0 Å². The van der Waals surface area contributed by atoms with Crippen LogP contribution in [0.25, 0.3) is 78.7 Å². The monoisotopic (exact) mass is 969 g/mol. The van der Waals surface area contributed by atoms with Gasteiger partial charge in [0.15, 0.2) is 17.5 Å². The van der Waals surface area contributed by atoms with E-state index in [1.54, 1.807) is 0 Å². The first kappa shape index (κ1) is 46.9. The molecule has 12 aromatic rings. The third kappa shape index (κ3) is 10.0. The number of nitrogens with zero attached hydrogens (tertiary/aromatic N) is 3. The highest BCUT2D eigenvalue weighted by Crippen LogP contribution is 2.43. The van der Waals surface area contributed by atoms with Gasteiger partial charge in [0.2, 0.25) is 0 Å². The zero-order valence-electron chi connectivity index (χ0n) is 41.8. The smallest absolute Gasteiger partial charge is 0.164 e. The standard InChI is InChI=1S/C73H51N3/c1-9-26-53(27-10-1)67(54-28-11-2-12-29-54)69(57-34-17-5-18-35-57)59-46-44-52(45-47-59)65-49-48-63(70(58-36-19-6-20-37-58)68(55-30-13-3-14-31-55)56-32-15-4-16-33-56)51-66(65)62-42-25-43-64(50-62)73-75-71(60-38-21-7-22-39-60)74-72(76-73)61-40-23-8-24-41-61/h1-51H. The molecule has 11 aromatic carbocycles. The Hall–Kier alpha value is -10.1. The van der Waals surface area contributed by atoms with Gasteiger partial charge >= 0.3 is 0 Å². The molecule has 0 aliphatic carbocycles. The predicted octanol–water partition coefficient (Wildman–Crippen LogP) is 18.2. The molecule has 0 spiro atoms. The van der Waals surface area contributed by atoms with Gasteiger partial charge in [-0.2, -0.15) is 0 Å². The van der Waals surface area contributed by atoms with Gasteiger partial charge in [-0.15, -0.1) is 0 Å². The Morgan fingerprint density at radius 1 is 0.171 bits per heavy atom. The summed E-state index contributed by atoms with van der Waals surface area (Å²) in [6, 6.07) is 110. The SMILES string of the molecule is c1ccc(C(=C(c2ccccc2)c2ccc(-c3ccc(C(=C(c4ccccc4)c4ccccc4)c4ccccc4)cc3-c3cccc(-c4nc(-c5ccccc5)nc(-c5ccccc5)n4)c3)cc2)c2ccccc2)cc1. The normalized spacial score (nSPS) is 10.9. The van der Waals surface area contributed by atoms with Crippen molar-refractivity contribution in [3.8, 4) is 56.4 Å². The Labute approximate surface area is 445 Å². The summed E-state index contributed by atoms with van der Waals surface area (Å²) in [4.78, 5) is 15.3. The molecule has 1 heterocycles. The molecule has 358 valence electrons. The molecule has 0 N–H and O–H groups in total. The molecule has 0 atom stereocenters. The van der Waals surface area contributed by atoms with Crippen molar-refractivity contribution in [3.05, 3.63) is 354 Å². The highest BCUT2D eigenvalue weighted by molar-refractivity contribution is 6.07. The second-order valence-electron chi connectivity index (χ2n) is 18.7. The second kappa shape index (κ2) is 21.9. The van der Waals surface area contributed by atoms with E-state index in [2.05, 4.69) is 249 Å². The fourth-order valence-corrected chi connectivity index (χ4v) is 10.2. The minimum absolute atomic E-state index is 0.602. The van der Waals surface area contributed by atoms with Crippen LogP contribution in [0.15, 0.2) is 309 Å². The Kier molecular flexibility index (Phi) is 13.6. The minimum atomic E-state index is 0.602. The summed E-state index contributed by atoms with van der Waals surface area (Å²) in [5, 5.41) is 0. The number of hydrogen-bond donors (Lipinski definition) is 0. The molecule has 0 radical (unpaired) electrons. The summed E-state index contributed by atoms with van der Waals surface area (Å²) in [6.07, 6.45) is 0. The van der Waals surface area contributed by atoms with E-state index in [0.717, 1.165) is 94.6 Å². The lowest BCUT2D eigenvalue weighted by atomic mass is 9.83. The van der Waals surface area contributed by atoms with Gasteiger partial charge in [0.25, 0.3) is 0 Å². The molecule has 0 saturated heterocycles. The molecule has 0 aliphatic rings. The highest BCUT2D eigenvalue weighted by Gasteiger charge is 2.21. The molecular weight excluding hydrogens is 919 g/mol. The fourth-order valence-electron chi connectivity index (χ4n) is 10.2. The van der Waals surface area contributed by atoms with E-state index in [9.17, 15) is 0 Å². The van der Waals surface area contributed by atoms with Crippen LogP contribution < -0.4 is 0 Å². The topological polar surface area (TPSA) is 38.7 Å². The molecule has 1 aromatic heterocycles. The second-order valence-corrected chi connectivity index (χ2v) is 18.7. The summed E-state index contributed by atoms with van der Waals surface area (Å²) in [6.45, 7) is 0. The van der Waals surface area contributed by atoms with Gasteiger partial charge in [-0.25, -0.2) is 15.0 Å². The van der Waals surface area contributed by atoms with Gasteiger partial charge < -0.3 is 0 Å². The average molecular weight is 970 g/mol. The van der Waals surface area contributed by atoms with Crippen molar-refractivity contribution in [2.75, 3.05) is 0 Å². The van der Waals surface area contributed by atoms with Crippen LogP contribution in [0.5, 0.6) is 0 Å². The van der Waals surface area contributed by atoms with Gasteiger partial charge in [0.05, 0.1) is 0 Å². The molecule has 12 rings (SSSR count). The van der Waals surface area contributed by atoms with E-state index in [0.29, 0.717) is 17.5 Å². The molecule has 0 bridgehead atoms. The van der Waals surface area contributed by atoms with E-state index in [-0.39, 0.29) is 0 Å². The third-order valence-corrected chi connectivity index (χ3v) is 13.8. The van der Waals surface area contributed by atoms with Gasteiger partial charge in [-0.1, -0.05) is 297 Å². The number of aromatic nitrogens is 3. The fraction of sp³-hybridized carbons (Fsp3) is 0. The van der Waals surface area contributed by atoms with Crippen LogP contribution in [0.2, 0.25) is 0 Å². The number of benzene rings is 11. The third-order valence-electron chi connectivity index (χ3n) is 13.8. The summed E-state index contributed by atoms with van der Waals surface area (Å²) in [5.74, 6) is 1.84. The van der Waals surface area contributed by atoms with Crippen LogP contribution in [0.1, 0.15) is 44.5 Å². The largest absolute Gasteiger partial charge is 0.208 e. The Morgan fingerprint density at radius 2 is 0.447 bits per heavy atom. The van der Waals surface area contributed by atoms with Crippen LogP contribution in [-0.2, 0) is 0 Å². The van der Waals surface area contributed by atoms with Crippen LogP contribution >= 0.6 is 0 Å². The molecule has 0 unspecified atom stereocenters. The first-order valence-corrected chi connectivity index (χ1v) is 25.8. The van der Waals surface area contributed by atoms with Crippen LogP contribution in [0, 0.1) is 0 Å². The highest BCUT2D eigenvalue weighted by atomic mass is 15.0. The number of rotatable bonds is 13. The molecule has 76 heavy (non-hydrogen) atoms. The van der Waals surface area contributed by atoms with Crippen molar-refractivity contribution in [2.45, 2.75) is 0 Å². The lowest BCUT2D eigenvalue weighted by molar-refractivity contribution is 1.07. The van der Waals surface area contributed by atoms with E-state index in [4.69, 9.17) is 15.0 Å². The molecule has 3 heteroatoms. The Balaban J connectivity index is 1.08. The zero-order valence-corrected chi connectivity index (χ0v) is 41.8. The zero-order chi connectivity index (χ0) is 50.9.